The third-order valence-corrected chi connectivity index (χ3v) is 5.30. The Bertz CT molecular complexity index is 918. The van der Waals surface area contributed by atoms with Crippen molar-refractivity contribution in [3.05, 3.63) is 48.0 Å². The number of hydrogen-bond acceptors (Lipinski definition) is 5. The van der Waals surface area contributed by atoms with Crippen LogP contribution in [0.1, 0.15) is 51.0 Å². The van der Waals surface area contributed by atoms with Gasteiger partial charge in [-0.2, -0.15) is 0 Å². The molecule has 0 bridgehead atoms. The van der Waals surface area contributed by atoms with E-state index < -0.39 is 11.6 Å². The highest BCUT2D eigenvalue weighted by molar-refractivity contribution is 5.81. The Balaban J connectivity index is 1.79. The molecular formula is C23H32N4O4. The first kappa shape index (κ1) is 22.7. The molecule has 31 heavy (non-hydrogen) atoms. The molecule has 0 unspecified atom stereocenters. The van der Waals surface area contributed by atoms with E-state index in [4.69, 9.17) is 9.47 Å². The summed E-state index contributed by atoms with van der Waals surface area (Å²) in [5.74, 6) is 0.943. The molecule has 1 aliphatic heterocycles. The number of ether oxygens (including phenoxy) is 2. The first-order valence-corrected chi connectivity index (χ1v) is 10.6. The van der Waals surface area contributed by atoms with Crippen molar-refractivity contribution in [1.82, 2.24) is 19.8 Å². The highest BCUT2D eigenvalue weighted by Gasteiger charge is 2.33. The number of hydrogen-bond donors (Lipinski definition) is 1. The van der Waals surface area contributed by atoms with Crippen LogP contribution in [-0.2, 0) is 16.6 Å². The van der Waals surface area contributed by atoms with Gasteiger partial charge in [0.1, 0.15) is 23.2 Å². The van der Waals surface area contributed by atoms with Crippen molar-refractivity contribution < 1.29 is 19.1 Å². The SMILES string of the molecule is COc1ccccc1[C@@H](NC(=O)[C@@H]1CCCN(C(=O)OC(C)(C)C)C1)c1nccn1C. The summed E-state index contributed by atoms with van der Waals surface area (Å²) in [6.45, 7) is 6.44. The summed E-state index contributed by atoms with van der Waals surface area (Å²) < 4.78 is 12.9. The predicted molar refractivity (Wildman–Crippen MR) is 117 cm³/mol. The summed E-state index contributed by atoms with van der Waals surface area (Å²) in [7, 11) is 3.50. The van der Waals surface area contributed by atoms with Crippen LogP contribution in [0, 0.1) is 5.92 Å². The third-order valence-electron chi connectivity index (χ3n) is 5.30. The Morgan fingerprint density at radius 2 is 2.00 bits per heavy atom. The van der Waals surface area contributed by atoms with Crippen LogP contribution in [0.2, 0.25) is 0 Å². The molecule has 0 saturated carbocycles. The highest BCUT2D eigenvalue weighted by Crippen LogP contribution is 2.30. The van der Waals surface area contributed by atoms with Gasteiger partial charge in [0.15, 0.2) is 0 Å². The van der Waals surface area contributed by atoms with Gasteiger partial charge in [-0.1, -0.05) is 18.2 Å². The van der Waals surface area contributed by atoms with E-state index in [1.165, 1.54) is 0 Å². The van der Waals surface area contributed by atoms with E-state index in [0.717, 1.165) is 12.0 Å². The van der Waals surface area contributed by atoms with E-state index in [0.29, 0.717) is 31.1 Å². The van der Waals surface area contributed by atoms with E-state index in [9.17, 15) is 9.59 Å². The first-order chi connectivity index (χ1) is 14.7. The summed E-state index contributed by atoms with van der Waals surface area (Å²) in [5.41, 5.74) is 0.256. The molecule has 168 valence electrons. The summed E-state index contributed by atoms with van der Waals surface area (Å²) in [5, 5.41) is 3.15. The van der Waals surface area contributed by atoms with Crippen LogP contribution in [0.25, 0.3) is 0 Å². The van der Waals surface area contributed by atoms with E-state index in [-0.39, 0.29) is 17.9 Å². The van der Waals surface area contributed by atoms with Gasteiger partial charge in [-0.25, -0.2) is 9.78 Å². The number of para-hydroxylation sites is 1. The maximum absolute atomic E-state index is 13.3. The van der Waals surface area contributed by atoms with Crippen LogP contribution in [0.4, 0.5) is 4.79 Å². The summed E-state index contributed by atoms with van der Waals surface area (Å²) in [6, 6.07) is 7.11. The fourth-order valence-corrected chi connectivity index (χ4v) is 3.79. The zero-order chi connectivity index (χ0) is 22.6. The number of carbonyl (C=O) groups excluding carboxylic acids is 2. The van der Waals surface area contributed by atoms with Gasteiger partial charge >= 0.3 is 6.09 Å². The standard InChI is InChI=1S/C23H32N4O4/c1-23(2,3)31-22(29)27-13-8-9-16(15-27)21(28)25-19(20-24-12-14-26(20)4)17-10-6-7-11-18(17)30-5/h6-7,10-12,14,16,19H,8-9,13,15H2,1-5H3,(H,25,28)/t16-,19-/m1/s1. The van der Waals surface area contributed by atoms with Crippen molar-refractivity contribution >= 4 is 12.0 Å². The molecule has 3 rings (SSSR count). The van der Waals surface area contributed by atoms with Crippen LogP contribution in [-0.4, -0.2) is 52.3 Å². The van der Waals surface area contributed by atoms with Gasteiger partial charge < -0.3 is 24.3 Å². The molecule has 0 radical (unpaired) electrons. The van der Waals surface area contributed by atoms with Gasteiger partial charge in [0.25, 0.3) is 0 Å². The minimum absolute atomic E-state index is 0.118. The van der Waals surface area contributed by atoms with Crippen molar-refractivity contribution in [1.29, 1.82) is 0 Å². The maximum Gasteiger partial charge on any atom is 0.410 e. The lowest BCUT2D eigenvalue weighted by Gasteiger charge is -2.34. The molecule has 1 aromatic heterocycles. The number of amides is 2. The largest absolute Gasteiger partial charge is 0.496 e. The van der Waals surface area contributed by atoms with Gasteiger partial charge in [0.05, 0.1) is 13.0 Å². The molecule has 1 aromatic carbocycles. The Morgan fingerprint density at radius 1 is 1.26 bits per heavy atom. The number of carbonyl (C=O) groups is 2. The number of nitrogens with zero attached hydrogens (tertiary/aromatic N) is 3. The molecular weight excluding hydrogens is 396 g/mol. The summed E-state index contributed by atoms with van der Waals surface area (Å²) in [4.78, 5) is 31.8. The van der Waals surface area contributed by atoms with Crippen molar-refractivity contribution in [2.24, 2.45) is 13.0 Å². The molecule has 2 heterocycles. The second-order valence-electron chi connectivity index (χ2n) is 8.85. The topological polar surface area (TPSA) is 85.7 Å². The van der Waals surface area contributed by atoms with Crippen LogP contribution in [0.5, 0.6) is 5.75 Å². The fourth-order valence-electron chi connectivity index (χ4n) is 3.79. The molecule has 1 fully saturated rings. The number of likely N-dealkylation sites (tertiary alicyclic amines) is 1. The molecule has 1 saturated heterocycles. The van der Waals surface area contributed by atoms with Crippen molar-refractivity contribution in [2.45, 2.75) is 45.3 Å². The molecule has 2 aromatic rings. The summed E-state index contributed by atoms with van der Waals surface area (Å²) >= 11 is 0. The monoisotopic (exact) mass is 428 g/mol. The third kappa shape index (κ3) is 5.57. The lowest BCUT2D eigenvalue weighted by Crippen LogP contribution is -2.47. The zero-order valence-corrected chi connectivity index (χ0v) is 18.9. The van der Waals surface area contributed by atoms with Crippen molar-refractivity contribution in [2.75, 3.05) is 20.2 Å². The molecule has 2 atom stereocenters. The van der Waals surface area contributed by atoms with Gasteiger partial charge in [-0.3, -0.25) is 4.79 Å². The highest BCUT2D eigenvalue weighted by atomic mass is 16.6. The minimum Gasteiger partial charge on any atom is -0.496 e. The zero-order valence-electron chi connectivity index (χ0n) is 18.9. The first-order valence-electron chi connectivity index (χ1n) is 10.6. The predicted octanol–water partition coefficient (Wildman–Crippen LogP) is 3.28. The van der Waals surface area contributed by atoms with E-state index in [1.807, 2.05) is 62.8 Å². The minimum atomic E-state index is -0.570. The molecule has 0 aliphatic carbocycles. The number of piperidine rings is 1. The molecule has 8 nitrogen and oxygen atoms in total. The van der Waals surface area contributed by atoms with E-state index in [2.05, 4.69) is 10.3 Å². The van der Waals surface area contributed by atoms with E-state index >= 15 is 0 Å². The number of methoxy groups -OCH3 is 1. The second-order valence-corrected chi connectivity index (χ2v) is 8.85. The number of nitrogens with one attached hydrogen (secondary N) is 1. The molecule has 8 heteroatoms. The average molecular weight is 429 g/mol. The average Bonchev–Trinajstić information content (AvgIpc) is 3.16. The lowest BCUT2D eigenvalue weighted by atomic mass is 9.96. The Hall–Kier alpha value is -3.03. The van der Waals surface area contributed by atoms with Gasteiger partial charge in [0.2, 0.25) is 5.91 Å². The molecule has 2 amide bonds. The summed E-state index contributed by atoms with van der Waals surface area (Å²) in [6.07, 6.45) is 4.63. The van der Waals surface area contributed by atoms with Crippen LogP contribution in [0.15, 0.2) is 36.7 Å². The fraction of sp³-hybridized carbons (Fsp3) is 0.522. The van der Waals surface area contributed by atoms with Gasteiger partial charge in [-0.15, -0.1) is 0 Å². The lowest BCUT2D eigenvalue weighted by molar-refractivity contribution is -0.127. The Labute approximate surface area is 183 Å². The van der Waals surface area contributed by atoms with Gasteiger partial charge in [-0.05, 0) is 39.7 Å². The number of aromatic nitrogens is 2. The van der Waals surface area contributed by atoms with Crippen molar-refractivity contribution in [3.8, 4) is 5.75 Å². The molecule has 0 spiro atoms. The van der Waals surface area contributed by atoms with Crippen LogP contribution < -0.4 is 10.1 Å². The smallest absolute Gasteiger partial charge is 0.410 e. The normalized spacial score (nSPS) is 17.7. The van der Waals surface area contributed by atoms with Crippen molar-refractivity contribution in [3.63, 3.8) is 0 Å². The van der Waals surface area contributed by atoms with Crippen LogP contribution in [0.3, 0.4) is 0 Å². The number of benzene rings is 1. The Morgan fingerprint density at radius 3 is 2.65 bits per heavy atom. The number of imidazole rings is 1. The molecule has 1 aliphatic rings. The van der Waals surface area contributed by atoms with Crippen LogP contribution >= 0.6 is 0 Å². The maximum atomic E-state index is 13.3. The van der Waals surface area contributed by atoms with E-state index in [1.54, 1.807) is 18.2 Å². The number of rotatable bonds is 5. The van der Waals surface area contributed by atoms with Gasteiger partial charge in [0, 0.05) is 38.1 Å². The second kappa shape index (κ2) is 9.41. The Kier molecular flexibility index (Phi) is 6.87. The molecule has 1 N–H and O–H groups in total. The quantitative estimate of drug-likeness (QED) is 0.790. The number of aryl methyl sites for hydroxylation is 1.